The van der Waals surface area contributed by atoms with E-state index in [1.807, 2.05) is 60.7 Å². The maximum absolute atomic E-state index is 12.5. The number of esters is 1. The minimum absolute atomic E-state index is 0.0127. The summed E-state index contributed by atoms with van der Waals surface area (Å²) in [5, 5.41) is 9.52. The lowest BCUT2D eigenvalue weighted by atomic mass is 9.95. The molecule has 154 valence electrons. The van der Waals surface area contributed by atoms with Crippen LogP contribution in [0.2, 0.25) is 5.02 Å². The molecule has 1 fully saturated rings. The summed E-state index contributed by atoms with van der Waals surface area (Å²) in [4.78, 5) is 14.7. The van der Waals surface area contributed by atoms with Crippen molar-refractivity contribution in [2.45, 2.75) is 12.7 Å². The van der Waals surface area contributed by atoms with Crippen molar-refractivity contribution in [1.82, 2.24) is 0 Å². The van der Waals surface area contributed by atoms with E-state index in [1.165, 1.54) is 7.11 Å². The first-order valence-corrected chi connectivity index (χ1v) is 10.1. The zero-order valence-corrected chi connectivity index (χ0v) is 17.3. The minimum Gasteiger partial charge on any atom is -0.487 e. The van der Waals surface area contributed by atoms with Gasteiger partial charge in [0.25, 0.3) is 0 Å². The Morgan fingerprint density at radius 3 is 2.40 bits per heavy atom. The smallest absolute Gasteiger partial charge is 0.340 e. The molecule has 0 spiro atoms. The van der Waals surface area contributed by atoms with Crippen LogP contribution in [0.15, 0.2) is 66.7 Å². The number of carbonyl (C=O) groups excluding carboxylic acids is 1. The van der Waals surface area contributed by atoms with Gasteiger partial charge in [0.1, 0.15) is 11.9 Å². The lowest BCUT2D eigenvalue weighted by Gasteiger charge is -2.42. The van der Waals surface area contributed by atoms with Gasteiger partial charge in [-0.25, -0.2) is 4.79 Å². The second-order valence-corrected chi connectivity index (χ2v) is 7.53. The third-order valence-corrected chi connectivity index (χ3v) is 5.50. The Labute approximate surface area is 180 Å². The van der Waals surface area contributed by atoms with Crippen LogP contribution in [0, 0.1) is 0 Å². The van der Waals surface area contributed by atoms with E-state index in [0.29, 0.717) is 23.7 Å². The fraction of sp³-hybridized carbons (Fsp3) is 0.208. The number of anilines is 1. The lowest BCUT2D eigenvalue weighted by molar-refractivity contribution is 0.0602. The molecule has 4 rings (SSSR count). The summed E-state index contributed by atoms with van der Waals surface area (Å²) in [5.74, 6) is 0.310. The van der Waals surface area contributed by atoms with Gasteiger partial charge in [-0.1, -0.05) is 54.1 Å². The molecule has 0 saturated carbocycles. The number of rotatable bonds is 6. The lowest BCUT2D eigenvalue weighted by Crippen LogP contribution is -2.54. The van der Waals surface area contributed by atoms with E-state index in [-0.39, 0.29) is 12.7 Å². The molecule has 0 radical (unpaired) electrons. The first-order valence-electron chi connectivity index (χ1n) is 9.68. The fourth-order valence-corrected chi connectivity index (χ4v) is 3.84. The second kappa shape index (κ2) is 8.78. The minimum atomic E-state index is -0.460. The zero-order chi connectivity index (χ0) is 21.1. The van der Waals surface area contributed by atoms with Gasteiger partial charge < -0.3 is 19.5 Å². The normalized spacial score (nSPS) is 13.6. The molecule has 0 atom stereocenters. The zero-order valence-electron chi connectivity index (χ0n) is 16.5. The average Bonchev–Trinajstić information content (AvgIpc) is 2.76. The van der Waals surface area contributed by atoms with E-state index >= 15 is 0 Å². The van der Waals surface area contributed by atoms with Crippen molar-refractivity contribution >= 4 is 23.3 Å². The molecular weight excluding hydrogens is 402 g/mol. The standard InChI is InChI=1S/C24H22ClNO4/c1-29-24(28)23-20(25)11-12-21(22(23)17-5-3-2-4-6-17)26-13-19(14-26)30-18-9-7-16(15-27)8-10-18/h2-12,19,27H,13-15H2,1H3. The molecule has 3 aromatic carbocycles. The predicted molar refractivity (Wildman–Crippen MR) is 117 cm³/mol. The van der Waals surface area contributed by atoms with Crippen molar-refractivity contribution in [3.8, 4) is 16.9 Å². The molecule has 1 saturated heterocycles. The van der Waals surface area contributed by atoms with E-state index in [0.717, 1.165) is 28.1 Å². The van der Waals surface area contributed by atoms with Gasteiger partial charge >= 0.3 is 5.97 Å². The number of halogens is 1. The molecule has 1 heterocycles. The molecule has 0 unspecified atom stereocenters. The van der Waals surface area contributed by atoms with Crippen molar-refractivity contribution in [2.24, 2.45) is 0 Å². The molecule has 0 aliphatic carbocycles. The quantitative estimate of drug-likeness (QED) is 0.589. The maximum atomic E-state index is 12.5. The number of hydrogen-bond acceptors (Lipinski definition) is 5. The summed E-state index contributed by atoms with van der Waals surface area (Å²) in [6, 6.07) is 20.8. The highest BCUT2D eigenvalue weighted by Crippen LogP contribution is 2.40. The van der Waals surface area contributed by atoms with Crippen LogP contribution in [-0.4, -0.2) is 37.4 Å². The van der Waals surface area contributed by atoms with Crippen molar-refractivity contribution in [3.63, 3.8) is 0 Å². The predicted octanol–water partition coefficient (Wildman–Crippen LogP) is 4.55. The van der Waals surface area contributed by atoms with E-state index in [1.54, 1.807) is 6.07 Å². The highest BCUT2D eigenvalue weighted by Gasteiger charge is 2.32. The molecule has 3 aromatic rings. The van der Waals surface area contributed by atoms with Gasteiger partial charge in [0.05, 0.1) is 37.4 Å². The topological polar surface area (TPSA) is 59.0 Å². The Hall–Kier alpha value is -3.02. The Morgan fingerprint density at radius 1 is 1.07 bits per heavy atom. The van der Waals surface area contributed by atoms with Crippen LogP contribution in [0.25, 0.3) is 11.1 Å². The van der Waals surface area contributed by atoms with Gasteiger partial charge in [0.15, 0.2) is 0 Å². The van der Waals surface area contributed by atoms with Crippen molar-refractivity contribution in [2.75, 3.05) is 25.1 Å². The van der Waals surface area contributed by atoms with Crippen LogP contribution in [0.3, 0.4) is 0 Å². The van der Waals surface area contributed by atoms with Gasteiger partial charge in [0.2, 0.25) is 0 Å². The number of carbonyl (C=O) groups is 1. The van der Waals surface area contributed by atoms with Gasteiger partial charge in [-0.15, -0.1) is 0 Å². The van der Waals surface area contributed by atoms with Crippen molar-refractivity contribution in [1.29, 1.82) is 0 Å². The van der Waals surface area contributed by atoms with Crippen LogP contribution in [0.4, 0.5) is 5.69 Å². The summed E-state index contributed by atoms with van der Waals surface area (Å²) < 4.78 is 11.0. The largest absolute Gasteiger partial charge is 0.487 e. The molecule has 1 aliphatic rings. The summed E-state index contributed by atoms with van der Waals surface area (Å²) in [7, 11) is 1.36. The van der Waals surface area contributed by atoms with Gasteiger partial charge in [-0.2, -0.15) is 0 Å². The van der Waals surface area contributed by atoms with Gasteiger partial charge in [-0.3, -0.25) is 0 Å². The van der Waals surface area contributed by atoms with Gasteiger partial charge in [-0.05, 0) is 35.4 Å². The van der Waals surface area contributed by atoms with Gasteiger partial charge in [0, 0.05) is 11.3 Å². The van der Waals surface area contributed by atoms with E-state index < -0.39 is 5.97 Å². The Bertz CT molecular complexity index is 1030. The number of hydrogen-bond donors (Lipinski definition) is 1. The Kier molecular flexibility index (Phi) is 5.93. The van der Waals surface area contributed by atoms with E-state index in [2.05, 4.69) is 4.90 Å². The first kappa shape index (κ1) is 20.3. The molecule has 0 amide bonds. The van der Waals surface area contributed by atoms with Crippen molar-refractivity contribution < 1.29 is 19.4 Å². The third kappa shape index (κ3) is 3.99. The Balaban J connectivity index is 1.59. The molecular formula is C24H22ClNO4. The monoisotopic (exact) mass is 423 g/mol. The average molecular weight is 424 g/mol. The van der Waals surface area contributed by atoms with Crippen LogP contribution in [0.5, 0.6) is 5.75 Å². The molecule has 0 bridgehead atoms. The van der Waals surface area contributed by atoms with E-state index in [4.69, 9.17) is 26.2 Å². The molecule has 30 heavy (non-hydrogen) atoms. The molecule has 1 aliphatic heterocycles. The fourth-order valence-electron chi connectivity index (χ4n) is 3.60. The maximum Gasteiger partial charge on any atom is 0.340 e. The number of benzene rings is 3. The summed E-state index contributed by atoms with van der Waals surface area (Å²) in [6.45, 7) is 1.38. The van der Waals surface area contributed by atoms with Crippen LogP contribution in [-0.2, 0) is 11.3 Å². The highest BCUT2D eigenvalue weighted by atomic mass is 35.5. The molecule has 6 heteroatoms. The molecule has 5 nitrogen and oxygen atoms in total. The number of nitrogens with zero attached hydrogens (tertiary/aromatic N) is 1. The second-order valence-electron chi connectivity index (χ2n) is 7.12. The molecule has 0 aromatic heterocycles. The Morgan fingerprint density at radius 2 is 1.77 bits per heavy atom. The van der Waals surface area contributed by atoms with Crippen LogP contribution >= 0.6 is 11.6 Å². The van der Waals surface area contributed by atoms with E-state index in [9.17, 15) is 4.79 Å². The number of aliphatic hydroxyl groups is 1. The van der Waals surface area contributed by atoms with Crippen LogP contribution in [0.1, 0.15) is 15.9 Å². The first-order chi connectivity index (χ1) is 14.6. The van der Waals surface area contributed by atoms with Crippen LogP contribution < -0.4 is 9.64 Å². The number of aliphatic hydroxyl groups excluding tert-OH is 1. The summed E-state index contributed by atoms with van der Waals surface area (Å²) >= 11 is 6.39. The highest BCUT2D eigenvalue weighted by molar-refractivity contribution is 6.34. The van der Waals surface area contributed by atoms with Crippen molar-refractivity contribution in [3.05, 3.63) is 82.9 Å². The summed E-state index contributed by atoms with van der Waals surface area (Å²) in [5.41, 5.74) is 3.80. The number of methoxy groups -OCH3 is 1. The summed E-state index contributed by atoms with van der Waals surface area (Å²) in [6.07, 6.45) is 0.0332. The SMILES string of the molecule is COC(=O)c1c(Cl)ccc(N2CC(Oc3ccc(CO)cc3)C2)c1-c1ccccc1. The third-order valence-electron chi connectivity index (χ3n) is 5.18. The molecule has 1 N–H and O–H groups in total. The number of ether oxygens (including phenoxy) is 2.